The van der Waals surface area contributed by atoms with Gasteiger partial charge in [-0.1, -0.05) is 62.4 Å². The third kappa shape index (κ3) is 5.24. The zero-order valence-corrected chi connectivity index (χ0v) is 21.2. The standard InChI is InChI=1S/C28H34N6O2/c1-19(2)26(27-30-31-32-34(27)16-21-10-5-4-6-11-21)33(18-24-13-8-14-36-24)17-23-15-22-12-7-9-20(3)25(22)29-28(23)35/h4-7,9-12,15,19,24,26H,8,13-14,16-18H2,1-3H3,(H,29,35)/t24-,26-/m0/s1. The minimum Gasteiger partial charge on any atom is -0.377 e. The molecule has 8 nitrogen and oxygen atoms in total. The molecule has 0 amide bonds. The first kappa shape index (κ1) is 24.3. The van der Waals surface area contributed by atoms with Gasteiger partial charge in [-0.25, -0.2) is 4.68 Å². The molecule has 188 valence electrons. The minimum absolute atomic E-state index is 0.0551. The maximum Gasteiger partial charge on any atom is 0.252 e. The number of aryl methyl sites for hydroxylation is 1. The Labute approximate surface area is 211 Å². The molecule has 0 spiro atoms. The molecule has 5 rings (SSSR count). The Bertz CT molecular complexity index is 1360. The summed E-state index contributed by atoms with van der Waals surface area (Å²) in [5, 5.41) is 13.9. The first-order valence-electron chi connectivity index (χ1n) is 12.8. The maximum absolute atomic E-state index is 13.2. The van der Waals surface area contributed by atoms with Crippen molar-refractivity contribution in [3.63, 3.8) is 0 Å². The van der Waals surface area contributed by atoms with Gasteiger partial charge in [-0.2, -0.15) is 0 Å². The quantitative estimate of drug-likeness (QED) is 0.381. The maximum atomic E-state index is 13.2. The van der Waals surface area contributed by atoms with Gasteiger partial charge in [-0.3, -0.25) is 9.69 Å². The predicted octanol–water partition coefficient (Wildman–Crippen LogP) is 4.25. The summed E-state index contributed by atoms with van der Waals surface area (Å²) < 4.78 is 7.91. The van der Waals surface area contributed by atoms with Crippen LogP contribution in [0.3, 0.4) is 0 Å². The number of nitrogens with one attached hydrogen (secondary N) is 1. The number of ether oxygens (including phenoxy) is 1. The van der Waals surface area contributed by atoms with E-state index in [9.17, 15) is 4.79 Å². The molecule has 3 heterocycles. The van der Waals surface area contributed by atoms with E-state index in [0.717, 1.165) is 52.9 Å². The van der Waals surface area contributed by atoms with Crippen molar-refractivity contribution in [3.05, 3.63) is 87.5 Å². The number of hydrogen-bond acceptors (Lipinski definition) is 6. The number of hydrogen-bond donors (Lipinski definition) is 1. The number of tetrazole rings is 1. The van der Waals surface area contributed by atoms with Gasteiger partial charge < -0.3 is 9.72 Å². The topological polar surface area (TPSA) is 88.9 Å². The molecule has 36 heavy (non-hydrogen) atoms. The molecule has 1 aliphatic heterocycles. The first-order chi connectivity index (χ1) is 17.5. The molecular formula is C28H34N6O2. The van der Waals surface area contributed by atoms with Crippen LogP contribution in [0.5, 0.6) is 0 Å². The highest BCUT2D eigenvalue weighted by atomic mass is 16.5. The zero-order chi connectivity index (χ0) is 25.1. The van der Waals surface area contributed by atoms with Crippen LogP contribution in [-0.2, 0) is 17.8 Å². The monoisotopic (exact) mass is 486 g/mol. The minimum atomic E-state index is -0.0829. The molecule has 4 aromatic rings. The van der Waals surface area contributed by atoms with E-state index in [1.54, 1.807) is 0 Å². The molecular weight excluding hydrogens is 452 g/mol. The zero-order valence-electron chi connectivity index (χ0n) is 21.2. The third-order valence-corrected chi connectivity index (χ3v) is 7.02. The van der Waals surface area contributed by atoms with Crippen LogP contribution in [0, 0.1) is 12.8 Å². The summed E-state index contributed by atoms with van der Waals surface area (Å²) in [6.07, 6.45) is 2.21. The number of H-pyrrole nitrogens is 1. The van der Waals surface area contributed by atoms with E-state index in [2.05, 4.69) is 51.4 Å². The summed E-state index contributed by atoms with van der Waals surface area (Å²) in [5.74, 6) is 1.02. The molecule has 2 atom stereocenters. The number of para-hydroxylation sites is 1. The van der Waals surface area contributed by atoms with Gasteiger partial charge in [-0.05, 0) is 58.7 Å². The van der Waals surface area contributed by atoms with E-state index in [0.29, 0.717) is 19.6 Å². The van der Waals surface area contributed by atoms with Crippen LogP contribution in [0.2, 0.25) is 0 Å². The highest BCUT2D eigenvalue weighted by Crippen LogP contribution is 2.30. The Hall–Kier alpha value is -3.36. The smallest absolute Gasteiger partial charge is 0.252 e. The van der Waals surface area contributed by atoms with Crippen LogP contribution >= 0.6 is 0 Å². The van der Waals surface area contributed by atoms with Gasteiger partial charge in [0.05, 0.1) is 24.2 Å². The van der Waals surface area contributed by atoms with Crippen LogP contribution in [0.4, 0.5) is 0 Å². The molecule has 8 heteroatoms. The molecule has 0 unspecified atom stereocenters. The van der Waals surface area contributed by atoms with Crippen LogP contribution in [-0.4, -0.2) is 49.3 Å². The van der Waals surface area contributed by atoms with Gasteiger partial charge in [0.2, 0.25) is 0 Å². The number of pyridine rings is 1. The summed E-state index contributed by atoms with van der Waals surface area (Å²) >= 11 is 0. The van der Waals surface area contributed by atoms with Crippen molar-refractivity contribution < 1.29 is 4.74 Å². The summed E-state index contributed by atoms with van der Waals surface area (Å²) in [4.78, 5) is 18.6. The van der Waals surface area contributed by atoms with Gasteiger partial charge in [0.1, 0.15) is 0 Å². The first-order valence-corrected chi connectivity index (χ1v) is 12.8. The largest absolute Gasteiger partial charge is 0.377 e. The van der Waals surface area contributed by atoms with E-state index in [1.165, 1.54) is 0 Å². The van der Waals surface area contributed by atoms with Crippen molar-refractivity contribution >= 4 is 10.9 Å². The number of fused-ring (bicyclic) bond motifs is 1. The van der Waals surface area contributed by atoms with E-state index in [4.69, 9.17) is 4.74 Å². The second kappa shape index (κ2) is 10.7. The van der Waals surface area contributed by atoms with Crippen molar-refractivity contribution in [1.82, 2.24) is 30.1 Å². The molecule has 0 saturated carbocycles. The summed E-state index contributed by atoms with van der Waals surface area (Å²) in [6.45, 7) is 8.96. The van der Waals surface area contributed by atoms with Crippen LogP contribution < -0.4 is 5.56 Å². The molecule has 1 fully saturated rings. The lowest BCUT2D eigenvalue weighted by Crippen LogP contribution is -2.40. The third-order valence-electron chi connectivity index (χ3n) is 7.02. The van der Waals surface area contributed by atoms with E-state index in [-0.39, 0.29) is 23.6 Å². The number of benzene rings is 2. The Morgan fingerprint density at radius 3 is 2.75 bits per heavy atom. The van der Waals surface area contributed by atoms with Crippen molar-refractivity contribution in [2.45, 2.75) is 58.8 Å². The average Bonchev–Trinajstić information content (AvgIpc) is 3.53. The Morgan fingerprint density at radius 2 is 2.00 bits per heavy atom. The average molecular weight is 487 g/mol. The van der Waals surface area contributed by atoms with Gasteiger partial charge >= 0.3 is 0 Å². The highest BCUT2D eigenvalue weighted by molar-refractivity contribution is 5.81. The fraction of sp³-hybridized carbons (Fsp3) is 0.429. The van der Waals surface area contributed by atoms with Crippen molar-refractivity contribution in [2.24, 2.45) is 5.92 Å². The number of aromatic amines is 1. The van der Waals surface area contributed by atoms with E-state index in [1.807, 2.05) is 54.1 Å². The van der Waals surface area contributed by atoms with Crippen LogP contribution in [0.25, 0.3) is 10.9 Å². The van der Waals surface area contributed by atoms with Gasteiger partial charge in [0.25, 0.3) is 5.56 Å². The van der Waals surface area contributed by atoms with Gasteiger partial charge in [-0.15, -0.1) is 5.10 Å². The molecule has 2 aromatic heterocycles. The lowest BCUT2D eigenvalue weighted by molar-refractivity contribution is 0.0385. The molecule has 1 N–H and O–H groups in total. The van der Waals surface area contributed by atoms with Crippen LogP contribution in [0.1, 0.15) is 55.2 Å². The summed E-state index contributed by atoms with van der Waals surface area (Å²) in [5.41, 5.74) is 3.77. The summed E-state index contributed by atoms with van der Waals surface area (Å²) in [6, 6.07) is 18.2. The normalized spacial score (nSPS) is 16.9. The lowest BCUT2D eigenvalue weighted by Gasteiger charge is -2.35. The molecule has 0 bridgehead atoms. The predicted molar refractivity (Wildman–Crippen MR) is 140 cm³/mol. The second-order valence-corrected chi connectivity index (χ2v) is 10.1. The SMILES string of the molecule is Cc1cccc2cc(CN(C[C@@H]3CCCO3)[C@H](c3nnnn3Cc3ccccc3)C(C)C)c(=O)[nH]c12. The van der Waals surface area contributed by atoms with Crippen molar-refractivity contribution in [1.29, 1.82) is 0 Å². The number of nitrogens with zero attached hydrogens (tertiary/aromatic N) is 5. The molecule has 1 saturated heterocycles. The Morgan fingerprint density at radius 1 is 1.17 bits per heavy atom. The van der Waals surface area contributed by atoms with Crippen LogP contribution in [0.15, 0.2) is 59.4 Å². The summed E-state index contributed by atoms with van der Waals surface area (Å²) in [7, 11) is 0. The van der Waals surface area contributed by atoms with Gasteiger partial charge in [0.15, 0.2) is 5.82 Å². The highest BCUT2D eigenvalue weighted by Gasteiger charge is 2.32. The van der Waals surface area contributed by atoms with E-state index >= 15 is 0 Å². The molecule has 1 aliphatic rings. The Kier molecular flexibility index (Phi) is 7.25. The molecule has 0 radical (unpaired) electrons. The fourth-order valence-corrected chi connectivity index (χ4v) is 5.27. The van der Waals surface area contributed by atoms with Crippen molar-refractivity contribution in [3.8, 4) is 0 Å². The molecule has 0 aliphatic carbocycles. The Balaban J connectivity index is 1.51. The van der Waals surface area contributed by atoms with Crippen molar-refractivity contribution in [2.75, 3.05) is 13.2 Å². The van der Waals surface area contributed by atoms with E-state index < -0.39 is 0 Å². The number of aromatic nitrogens is 5. The molecule has 2 aromatic carbocycles. The van der Waals surface area contributed by atoms with Gasteiger partial charge in [0, 0.05) is 25.3 Å². The fourth-order valence-electron chi connectivity index (χ4n) is 5.27. The number of rotatable bonds is 9. The second-order valence-electron chi connectivity index (χ2n) is 10.1. The lowest BCUT2D eigenvalue weighted by atomic mass is 9.99.